The average molecular weight is 377 g/mol. The van der Waals surface area contributed by atoms with Gasteiger partial charge in [-0.2, -0.15) is 0 Å². The Balaban J connectivity index is 1.80. The highest BCUT2D eigenvalue weighted by atomic mass is 16.2. The van der Waals surface area contributed by atoms with Gasteiger partial charge in [0.25, 0.3) is 11.8 Å². The minimum absolute atomic E-state index is 0.0592. The summed E-state index contributed by atoms with van der Waals surface area (Å²) in [5.41, 5.74) is 2.99. The topological polar surface area (TPSA) is 67.1 Å². The molecular formula is C21H36N4O2+2. The first kappa shape index (κ1) is 21.4. The summed E-state index contributed by atoms with van der Waals surface area (Å²) < 4.78 is 0. The smallest absolute Gasteiger partial charge is 0.279 e. The summed E-state index contributed by atoms with van der Waals surface area (Å²) in [6.45, 7) is 14.9. The molecule has 1 aliphatic heterocycles. The molecule has 150 valence electrons. The van der Waals surface area contributed by atoms with E-state index in [1.165, 1.54) is 9.80 Å². The van der Waals surface area contributed by atoms with Gasteiger partial charge in [0.2, 0.25) is 0 Å². The van der Waals surface area contributed by atoms with Crippen molar-refractivity contribution in [1.29, 1.82) is 0 Å². The molecule has 27 heavy (non-hydrogen) atoms. The standard InChI is InChI=1S/C21H34N4O2/c1-16-11-17(2)13-18(12-16)22-19(26)14-24-7-6-8-25(10-9-24)15-20(27)23-21(3,4)5/h11-13H,6-10,14-15H2,1-5H3,(H,22,26)(H,23,27)/p+2. The number of carbonyl (C=O) groups excluding carboxylic acids is 2. The van der Waals surface area contributed by atoms with Crippen LogP contribution in [0.1, 0.15) is 38.3 Å². The molecule has 0 aliphatic carbocycles. The number of hydrogen-bond acceptors (Lipinski definition) is 2. The number of nitrogens with one attached hydrogen (secondary N) is 4. The van der Waals surface area contributed by atoms with E-state index in [0.717, 1.165) is 49.4 Å². The second-order valence-corrected chi connectivity index (χ2v) is 8.93. The second-order valence-electron chi connectivity index (χ2n) is 8.93. The quantitative estimate of drug-likeness (QED) is 0.551. The predicted molar refractivity (Wildman–Crippen MR) is 108 cm³/mol. The van der Waals surface area contributed by atoms with E-state index in [1.807, 2.05) is 46.8 Å². The average Bonchev–Trinajstić information content (AvgIpc) is 2.69. The molecule has 1 aliphatic rings. The lowest BCUT2D eigenvalue weighted by molar-refractivity contribution is -0.930. The number of anilines is 1. The molecule has 1 fully saturated rings. The molecule has 1 saturated heterocycles. The first-order valence-corrected chi connectivity index (χ1v) is 9.97. The van der Waals surface area contributed by atoms with E-state index < -0.39 is 0 Å². The van der Waals surface area contributed by atoms with Crippen LogP contribution in [0.3, 0.4) is 0 Å². The van der Waals surface area contributed by atoms with Crippen LogP contribution < -0.4 is 20.4 Å². The molecule has 0 aromatic heterocycles. The van der Waals surface area contributed by atoms with Crippen molar-refractivity contribution in [2.24, 2.45) is 0 Å². The highest BCUT2D eigenvalue weighted by Gasteiger charge is 2.25. The minimum Gasteiger partial charge on any atom is -0.347 e. The first-order chi connectivity index (χ1) is 12.6. The molecule has 2 rings (SSSR count). The maximum absolute atomic E-state index is 12.4. The number of amides is 2. The van der Waals surface area contributed by atoms with E-state index >= 15 is 0 Å². The lowest BCUT2D eigenvalue weighted by atomic mass is 10.1. The number of hydrogen-bond donors (Lipinski definition) is 4. The summed E-state index contributed by atoms with van der Waals surface area (Å²) in [6.07, 6.45) is 1.03. The normalized spacial score (nSPS) is 20.6. The SMILES string of the molecule is Cc1cc(C)cc(NC(=O)C[NH+]2CCC[NH+](CC(=O)NC(C)(C)C)CC2)c1. The van der Waals surface area contributed by atoms with Crippen LogP contribution in [0.15, 0.2) is 18.2 Å². The largest absolute Gasteiger partial charge is 0.347 e. The van der Waals surface area contributed by atoms with Crippen molar-refractivity contribution in [2.75, 3.05) is 44.6 Å². The zero-order chi connectivity index (χ0) is 20.0. The molecule has 0 bridgehead atoms. The fraction of sp³-hybridized carbons (Fsp3) is 0.619. The van der Waals surface area contributed by atoms with E-state index in [9.17, 15) is 9.59 Å². The molecule has 1 heterocycles. The number of aryl methyl sites for hydroxylation is 2. The highest BCUT2D eigenvalue weighted by molar-refractivity contribution is 5.91. The summed E-state index contributed by atoms with van der Waals surface area (Å²) in [4.78, 5) is 27.2. The van der Waals surface area contributed by atoms with Gasteiger partial charge < -0.3 is 20.4 Å². The zero-order valence-corrected chi connectivity index (χ0v) is 17.5. The second kappa shape index (κ2) is 9.33. The zero-order valence-electron chi connectivity index (χ0n) is 17.5. The van der Waals surface area contributed by atoms with Crippen molar-refractivity contribution in [2.45, 2.75) is 46.6 Å². The Hall–Kier alpha value is -1.92. The summed E-state index contributed by atoms with van der Waals surface area (Å²) in [7, 11) is 0. The maximum Gasteiger partial charge on any atom is 0.279 e. The van der Waals surface area contributed by atoms with Crippen molar-refractivity contribution >= 4 is 17.5 Å². The number of carbonyl (C=O) groups is 2. The monoisotopic (exact) mass is 376 g/mol. The van der Waals surface area contributed by atoms with E-state index in [1.54, 1.807) is 0 Å². The van der Waals surface area contributed by atoms with Gasteiger partial charge in [-0.25, -0.2) is 0 Å². The van der Waals surface area contributed by atoms with Gasteiger partial charge in [-0.05, 0) is 57.9 Å². The Morgan fingerprint density at radius 2 is 1.41 bits per heavy atom. The van der Waals surface area contributed by atoms with Gasteiger partial charge in [0.1, 0.15) is 13.1 Å². The summed E-state index contributed by atoms with van der Waals surface area (Å²) in [5.74, 6) is 0.164. The molecular weight excluding hydrogens is 340 g/mol. The lowest BCUT2D eigenvalue weighted by Gasteiger charge is -2.22. The van der Waals surface area contributed by atoms with Crippen molar-refractivity contribution < 1.29 is 19.4 Å². The van der Waals surface area contributed by atoms with Crippen LogP contribution in [0.25, 0.3) is 0 Å². The van der Waals surface area contributed by atoms with Crippen molar-refractivity contribution in [3.05, 3.63) is 29.3 Å². The Labute approximate surface area is 163 Å². The molecule has 2 unspecified atom stereocenters. The Bertz CT molecular complexity index is 646. The molecule has 2 amide bonds. The highest BCUT2D eigenvalue weighted by Crippen LogP contribution is 2.13. The summed E-state index contributed by atoms with van der Waals surface area (Å²) >= 11 is 0. The van der Waals surface area contributed by atoms with Crippen molar-refractivity contribution in [3.63, 3.8) is 0 Å². The Morgan fingerprint density at radius 1 is 0.889 bits per heavy atom. The Morgan fingerprint density at radius 3 is 1.93 bits per heavy atom. The van der Waals surface area contributed by atoms with E-state index in [2.05, 4.69) is 16.7 Å². The van der Waals surface area contributed by atoms with Crippen LogP contribution in [0, 0.1) is 13.8 Å². The first-order valence-electron chi connectivity index (χ1n) is 9.97. The van der Waals surface area contributed by atoms with Crippen molar-refractivity contribution in [3.8, 4) is 0 Å². The minimum atomic E-state index is -0.189. The van der Waals surface area contributed by atoms with Crippen LogP contribution in [0.2, 0.25) is 0 Å². The van der Waals surface area contributed by atoms with Gasteiger partial charge in [0.15, 0.2) is 13.1 Å². The summed E-state index contributed by atoms with van der Waals surface area (Å²) in [6, 6.07) is 6.10. The van der Waals surface area contributed by atoms with E-state index in [0.29, 0.717) is 13.1 Å². The molecule has 0 spiro atoms. The van der Waals surface area contributed by atoms with Gasteiger partial charge >= 0.3 is 0 Å². The van der Waals surface area contributed by atoms with Crippen LogP contribution in [0.4, 0.5) is 5.69 Å². The van der Waals surface area contributed by atoms with Crippen LogP contribution >= 0.6 is 0 Å². The third-order valence-corrected chi connectivity index (χ3v) is 4.73. The van der Waals surface area contributed by atoms with Crippen LogP contribution in [-0.2, 0) is 9.59 Å². The van der Waals surface area contributed by atoms with E-state index in [4.69, 9.17) is 0 Å². The van der Waals surface area contributed by atoms with Gasteiger partial charge in [0.05, 0.1) is 13.1 Å². The van der Waals surface area contributed by atoms with Gasteiger partial charge in [-0.3, -0.25) is 9.59 Å². The van der Waals surface area contributed by atoms with Gasteiger partial charge in [0, 0.05) is 17.6 Å². The van der Waals surface area contributed by atoms with Crippen LogP contribution in [-0.4, -0.2) is 56.6 Å². The number of benzene rings is 1. The molecule has 2 atom stereocenters. The number of rotatable bonds is 5. The molecule has 0 saturated carbocycles. The molecule has 1 aromatic rings. The van der Waals surface area contributed by atoms with Crippen LogP contribution in [0.5, 0.6) is 0 Å². The fourth-order valence-electron chi connectivity index (χ4n) is 3.71. The Kier molecular flexibility index (Phi) is 7.39. The molecule has 6 nitrogen and oxygen atoms in total. The molecule has 6 heteroatoms. The summed E-state index contributed by atoms with van der Waals surface area (Å²) in [5, 5.41) is 6.07. The lowest BCUT2D eigenvalue weighted by Crippen LogP contribution is -3.18. The molecule has 1 aromatic carbocycles. The van der Waals surface area contributed by atoms with E-state index in [-0.39, 0.29) is 17.4 Å². The molecule has 0 radical (unpaired) electrons. The van der Waals surface area contributed by atoms with Gasteiger partial charge in [-0.15, -0.1) is 0 Å². The predicted octanol–water partition coefficient (Wildman–Crippen LogP) is -0.670. The third-order valence-electron chi connectivity index (χ3n) is 4.73. The maximum atomic E-state index is 12.4. The third kappa shape index (κ3) is 8.10. The fourth-order valence-corrected chi connectivity index (χ4v) is 3.71. The van der Waals surface area contributed by atoms with Crippen molar-refractivity contribution in [1.82, 2.24) is 5.32 Å². The molecule has 4 N–H and O–H groups in total. The number of quaternary nitrogens is 2. The van der Waals surface area contributed by atoms with Gasteiger partial charge in [-0.1, -0.05) is 6.07 Å².